The number of benzene rings is 1. The third-order valence-corrected chi connectivity index (χ3v) is 6.93. The monoisotopic (exact) mass is 428 g/mol. The first-order valence-electron chi connectivity index (χ1n) is 10.8. The van der Waals surface area contributed by atoms with E-state index >= 15 is 0 Å². The second-order valence-electron chi connectivity index (χ2n) is 7.84. The van der Waals surface area contributed by atoms with Gasteiger partial charge in [-0.1, -0.05) is 26.0 Å². The molecule has 0 spiro atoms. The molecule has 0 radical (unpaired) electrons. The second kappa shape index (κ2) is 10.1. The number of amides is 2. The van der Waals surface area contributed by atoms with E-state index in [0.717, 1.165) is 30.6 Å². The van der Waals surface area contributed by atoms with Crippen molar-refractivity contribution in [2.24, 2.45) is 0 Å². The van der Waals surface area contributed by atoms with Crippen molar-refractivity contribution in [2.75, 3.05) is 20.2 Å². The average molecular weight is 429 g/mol. The topological polar surface area (TPSA) is 49.9 Å². The van der Waals surface area contributed by atoms with Crippen LogP contribution < -0.4 is 4.74 Å². The van der Waals surface area contributed by atoms with Crippen molar-refractivity contribution in [3.8, 4) is 5.75 Å². The molecule has 0 bridgehead atoms. The normalized spacial score (nSPS) is 16.7. The summed E-state index contributed by atoms with van der Waals surface area (Å²) in [5.41, 5.74) is 2.26. The van der Waals surface area contributed by atoms with Crippen LogP contribution in [0.25, 0.3) is 0 Å². The molecule has 0 N–H and O–H groups in total. The minimum absolute atomic E-state index is 0.0115. The molecule has 3 rings (SSSR count). The molecule has 30 heavy (non-hydrogen) atoms. The molecule has 2 aromatic rings. The predicted molar refractivity (Wildman–Crippen MR) is 121 cm³/mol. The zero-order chi connectivity index (χ0) is 21.7. The maximum Gasteiger partial charge on any atom is 0.243 e. The van der Waals surface area contributed by atoms with Gasteiger partial charge in [-0.2, -0.15) is 0 Å². The van der Waals surface area contributed by atoms with E-state index < -0.39 is 0 Å². The van der Waals surface area contributed by atoms with Crippen molar-refractivity contribution >= 4 is 23.2 Å². The Morgan fingerprint density at radius 1 is 1.23 bits per heavy atom. The standard InChI is InChI=1S/C24H32N2O3S/c1-5-7-22(27)26(17(3)6-2)16-23(28)25-14-12-21-20(13-15-30-21)24(25)18-8-10-19(29-4)11-9-18/h8-11,13,15,17,24H,5-7,12,14,16H2,1-4H3/t17-,24+/m1/s1. The third-order valence-electron chi connectivity index (χ3n) is 5.93. The lowest BCUT2D eigenvalue weighted by Crippen LogP contribution is -2.49. The van der Waals surface area contributed by atoms with Crippen LogP contribution in [0.4, 0.5) is 0 Å². The number of carbonyl (C=O) groups excluding carboxylic acids is 2. The highest BCUT2D eigenvalue weighted by molar-refractivity contribution is 7.10. The molecular weight excluding hydrogens is 396 g/mol. The van der Waals surface area contributed by atoms with Gasteiger partial charge < -0.3 is 14.5 Å². The van der Waals surface area contributed by atoms with Crippen LogP contribution in [0.5, 0.6) is 5.75 Å². The van der Waals surface area contributed by atoms with Crippen LogP contribution in [-0.4, -0.2) is 47.9 Å². The van der Waals surface area contributed by atoms with E-state index in [0.29, 0.717) is 13.0 Å². The maximum atomic E-state index is 13.5. The molecule has 1 aliphatic heterocycles. The SMILES string of the molecule is CCCC(=O)N(CC(=O)N1CCc2sccc2[C@@H]1c1ccc(OC)cc1)[C@H](C)CC. The molecule has 1 aromatic heterocycles. The van der Waals surface area contributed by atoms with Crippen LogP contribution in [0.1, 0.15) is 62.1 Å². The van der Waals surface area contributed by atoms with Crippen molar-refractivity contribution in [1.29, 1.82) is 0 Å². The molecule has 0 saturated heterocycles. The molecule has 0 unspecified atom stereocenters. The first kappa shape index (κ1) is 22.3. The van der Waals surface area contributed by atoms with Gasteiger partial charge in [0, 0.05) is 23.9 Å². The van der Waals surface area contributed by atoms with Gasteiger partial charge in [-0.3, -0.25) is 9.59 Å². The Morgan fingerprint density at radius 3 is 2.60 bits per heavy atom. The molecule has 6 heteroatoms. The van der Waals surface area contributed by atoms with Crippen LogP contribution in [0.15, 0.2) is 35.7 Å². The van der Waals surface area contributed by atoms with Crippen LogP contribution in [0.2, 0.25) is 0 Å². The fraction of sp³-hybridized carbons (Fsp3) is 0.500. The summed E-state index contributed by atoms with van der Waals surface area (Å²) in [5, 5.41) is 2.10. The first-order chi connectivity index (χ1) is 14.5. The Morgan fingerprint density at radius 2 is 1.97 bits per heavy atom. The largest absolute Gasteiger partial charge is 0.497 e. The average Bonchev–Trinajstić information content (AvgIpc) is 3.25. The highest BCUT2D eigenvalue weighted by Crippen LogP contribution is 2.38. The summed E-state index contributed by atoms with van der Waals surface area (Å²) >= 11 is 1.75. The molecule has 0 fully saturated rings. The van der Waals surface area contributed by atoms with Crippen molar-refractivity contribution < 1.29 is 14.3 Å². The van der Waals surface area contributed by atoms with E-state index in [1.807, 2.05) is 43.0 Å². The number of thiophene rings is 1. The van der Waals surface area contributed by atoms with Crippen molar-refractivity contribution in [3.63, 3.8) is 0 Å². The quantitative estimate of drug-likeness (QED) is 0.615. The number of hydrogen-bond acceptors (Lipinski definition) is 4. The molecule has 1 aromatic carbocycles. The third kappa shape index (κ3) is 4.69. The van der Waals surface area contributed by atoms with E-state index in [2.05, 4.69) is 18.4 Å². The zero-order valence-corrected chi connectivity index (χ0v) is 19.2. The number of methoxy groups -OCH3 is 1. The molecule has 162 valence electrons. The number of ether oxygens (including phenoxy) is 1. The van der Waals surface area contributed by atoms with Gasteiger partial charge in [-0.05, 0) is 60.9 Å². The molecule has 2 heterocycles. The lowest BCUT2D eigenvalue weighted by atomic mass is 9.93. The Kier molecular flexibility index (Phi) is 7.53. The minimum Gasteiger partial charge on any atom is -0.497 e. The van der Waals surface area contributed by atoms with Crippen LogP contribution in [0, 0.1) is 0 Å². The second-order valence-corrected chi connectivity index (χ2v) is 8.84. The Balaban J connectivity index is 1.89. The van der Waals surface area contributed by atoms with Crippen LogP contribution >= 0.6 is 11.3 Å². The van der Waals surface area contributed by atoms with Gasteiger partial charge in [0.25, 0.3) is 0 Å². The molecule has 2 atom stereocenters. The van der Waals surface area contributed by atoms with Gasteiger partial charge in [-0.15, -0.1) is 11.3 Å². The lowest BCUT2D eigenvalue weighted by Gasteiger charge is -2.38. The maximum absolute atomic E-state index is 13.5. The Hall–Kier alpha value is -2.34. The summed E-state index contributed by atoms with van der Waals surface area (Å²) < 4.78 is 5.30. The highest BCUT2D eigenvalue weighted by atomic mass is 32.1. The summed E-state index contributed by atoms with van der Waals surface area (Å²) in [4.78, 5) is 31.2. The van der Waals surface area contributed by atoms with Crippen molar-refractivity contribution in [1.82, 2.24) is 9.80 Å². The molecule has 5 nitrogen and oxygen atoms in total. The van der Waals surface area contributed by atoms with Gasteiger partial charge >= 0.3 is 0 Å². The fourth-order valence-electron chi connectivity index (χ4n) is 4.03. The number of carbonyl (C=O) groups is 2. The van der Waals surface area contributed by atoms with Crippen molar-refractivity contribution in [3.05, 3.63) is 51.7 Å². The van der Waals surface area contributed by atoms with E-state index in [1.54, 1.807) is 23.3 Å². The van der Waals surface area contributed by atoms with E-state index in [-0.39, 0.29) is 30.4 Å². The summed E-state index contributed by atoms with van der Waals surface area (Å²) in [6.07, 6.45) is 2.96. The summed E-state index contributed by atoms with van der Waals surface area (Å²) in [5.74, 6) is 0.873. The highest BCUT2D eigenvalue weighted by Gasteiger charge is 2.34. The Bertz CT molecular complexity index is 862. The van der Waals surface area contributed by atoms with Crippen LogP contribution in [0.3, 0.4) is 0 Å². The number of hydrogen-bond donors (Lipinski definition) is 0. The predicted octanol–water partition coefficient (Wildman–Crippen LogP) is 4.66. The molecule has 2 amide bonds. The smallest absolute Gasteiger partial charge is 0.243 e. The van der Waals surface area contributed by atoms with Gasteiger partial charge in [-0.25, -0.2) is 0 Å². The van der Waals surface area contributed by atoms with Gasteiger partial charge in [0.2, 0.25) is 11.8 Å². The summed E-state index contributed by atoms with van der Waals surface area (Å²) in [7, 11) is 1.65. The van der Waals surface area contributed by atoms with Gasteiger partial charge in [0.05, 0.1) is 13.2 Å². The van der Waals surface area contributed by atoms with Crippen LogP contribution in [-0.2, 0) is 16.0 Å². The number of fused-ring (bicyclic) bond motifs is 1. The molecular formula is C24H32N2O3S. The van der Waals surface area contributed by atoms with Crippen molar-refractivity contribution in [2.45, 2.75) is 58.5 Å². The minimum atomic E-state index is -0.126. The van der Waals surface area contributed by atoms with E-state index in [4.69, 9.17) is 4.74 Å². The molecule has 0 saturated carbocycles. The number of rotatable bonds is 8. The number of nitrogens with zero attached hydrogens (tertiary/aromatic N) is 2. The first-order valence-corrected chi connectivity index (χ1v) is 11.7. The molecule has 0 aliphatic carbocycles. The Labute approximate surface area is 183 Å². The zero-order valence-electron chi connectivity index (χ0n) is 18.4. The fourth-order valence-corrected chi connectivity index (χ4v) is 4.94. The van der Waals surface area contributed by atoms with Gasteiger partial charge in [0.15, 0.2) is 0 Å². The lowest BCUT2D eigenvalue weighted by molar-refractivity contribution is -0.143. The molecule has 1 aliphatic rings. The summed E-state index contributed by atoms with van der Waals surface area (Å²) in [6, 6.07) is 10.00. The van der Waals surface area contributed by atoms with E-state index in [9.17, 15) is 9.59 Å². The van der Waals surface area contributed by atoms with Gasteiger partial charge in [0.1, 0.15) is 12.3 Å². The van der Waals surface area contributed by atoms with E-state index in [1.165, 1.54) is 10.4 Å². The summed E-state index contributed by atoms with van der Waals surface area (Å²) in [6.45, 7) is 6.88.